The minimum Gasteiger partial charge on any atom is -0.340 e. The molecule has 9 nitrogen and oxygen atoms in total. The van der Waals surface area contributed by atoms with Gasteiger partial charge >= 0.3 is 7.60 Å². The van der Waals surface area contributed by atoms with E-state index >= 15 is 0 Å². The molecular weight excluding hydrogens is 604 g/mol. The number of amides is 3. The second kappa shape index (κ2) is 11.4. The van der Waals surface area contributed by atoms with Crippen LogP contribution in [0.15, 0.2) is 48.5 Å². The van der Waals surface area contributed by atoms with Gasteiger partial charge in [-0.05, 0) is 103 Å². The fourth-order valence-electron chi connectivity index (χ4n) is 7.45. The van der Waals surface area contributed by atoms with E-state index in [2.05, 4.69) is 5.32 Å². The van der Waals surface area contributed by atoms with Gasteiger partial charge in [-0.25, -0.2) is 4.39 Å². The number of carbonyl (C=O) groups is 3. The Morgan fingerprint density at radius 2 is 1.70 bits per heavy atom. The van der Waals surface area contributed by atoms with E-state index in [4.69, 9.17) is 0 Å². The number of halogens is 1. The maximum atomic E-state index is 14.1. The van der Waals surface area contributed by atoms with Gasteiger partial charge in [0, 0.05) is 23.8 Å². The van der Waals surface area contributed by atoms with Crippen LogP contribution in [0.3, 0.4) is 0 Å². The Hall–Kier alpha value is -3.11. The van der Waals surface area contributed by atoms with Crippen molar-refractivity contribution in [2.45, 2.75) is 62.8 Å². The molecule has 0 unspecified atom stereocenters. The summed E-state index contributed by atoms with van der Waals surface area (Å²) >= 11 is 1.27. The summed E-state index contributed by atoms with van der Waals surface area (Å²) in [5.41, 5.74) is 1.53. The average molecular weight is 640 g/mol. The third kappa shape index (κ3) is 6.07. The van der Waals surface area contributed by atoms with Crippen molar-refractivity contribution >= 4 is 46.7 Å². The zero-order valence-electron chi connectivity index (χ0n) is 24.1. The molecule has 0 spiro atoms. The molecule has 4 aliphatic rings. The minimum absolute atomic E-state index is 0.000730. The Kier molecular flexibility index (Phi) is 7.64. The lowest BCUT2D eigenvalue weighted by Gasteiger charge is -2.43. The van der Waals surface area contributed by atoms with E-state index in [1.54, 1.807) is 41.3 Å². The Morgan fingerprint density at radius 1 is 0.977 bits per heavy atom. The molecule has 3 N–H and O–H groups in total. The van der Waals surface area contributed by atoms with Crippen LogP contribution < -0.4 is 5.32 Å². The van der Waals surface area contributed by atoms with E-state index in [1.165, 1.54) is 23.5 Å². The Bertz CT molecular complexity index is 1670. The fourth-order valence-corrected chi connectivity index (χ4v) is 9.06. The lowest BCUT2D eigenvalue weighted by Crippen LogP contribution is -2.60. The first-order valence-electron chi connectivity index (χ1n) is 15.2. The molecule has 0 radical (unpaired) electrons. The van der Waals surface area contributed by atoms with Gasteiger partial charge in [0.05, 0.1) is 11.0 Å². The first-order chi connectivity index (χ1) is 21.0. The molecule has 44 heavy (non-hydrogen) atoms. The van der Waals surface area contributed by atoms with Gasteiger partial charge in [-0.3, -0.25) is 18.9 Å². The Labute approximate surface area is 258 Å². The van der Waals surface area contributed by atoms with Gasteiger partial charge in [0.25, 0.3) is 5.91 Å². The van der Waals surface area contributed by atoms with Crippen LogP contribution in [0.5, 0.6) is 0 Å². The molecule has 12 heteroatoms. The molecule has 5 atom stereocenters. The first kappa shape index (κ1) is 29.6. The highest BCUT2D eigenvalue weighted by Crippen LogP contribution is 2.49. The molecule has 3 amide bonds. The number of carbonyl (C=O) groups excluding carboxylic acids is 3. The zero-order chi connectivity index (χ0) is 30.7. The third-order valence-electron chi connectivity index (χ3n) is 9.73. The molecule has 7 rings (SSSR count). The van der Waals surface area contributed by atoms with Crippen LogP contribution in [-0.4, -0.2) is 68.5 Å². The summed E-state index contributed by atoms with van der Waals surface area (Å²) in [7, 11) is -4.22. The van der Waals surface area contributed by atoms with E-state index in [1.807, 2.05) is 4.90 Å². The highest BCUT2D eigenvalue weighted by Gasteiger charge is 2.52. The minimum atomic E-state index is -4.22. The van der Waals surface area contributed by atoms with E-state index in [0.717, 1.165) is 41.3 Å². The van der Waals surface area contributed by atoms with Gasteiger partial charge < -0.3 is 24.9 Å². The number of thiophene rings is 1. The van der Waals surface area contributed by atoms with Gasteiger partial charge in [-0.15, -0.1) is 11.3 Å². The van der Waals surface area contributed by atoms with E-state index < -0.39 is 19.7 Å². The lowest BCUT2D eigenvalue weighted by molar-refractivity contribution is -0.151. The van der Waals surface area contributed by atoms with Crippen molar-refractivity contribution in [3.63, 3.8) is 0 Å². The van der Waals surface area contributed by atoms with Crippen LogP contribution in [0.1, 0.15) is 52.9 Å². The van der Waals surface area contributed by atoms with Gasteiger partial charge in [-0.1, -0.05) is 18.2 Å². The predicted octanol–water partition coefficient (Wildman–Crippen LogP) is 4.31. The summed E-state index contributed by atoms with van der Waals surface area (Å²) < 4.78 is 25.5. The lowest BCUT2D eigenvalue weighted by atomic mass is 9.91. The van der Waals surface area contributed by atoms with Crippen molar-refractivity contribution in [1.82, 2.24) is 15.1 Å². The molecule has 4 fully saturated rings. The highest BCUT2D eigenvalue weighted by atomic mass is 32.1. The van der Waals surface area contributed by atoms with Crippen molar-refractivity contribution < 1.29 is 33.1 Å². The van der Waals surface area contributed by atoms with Crippen molar-refractivity contribution in [3.8, 4) is 0 Å². The first-order valence-corrected chi connectivity index (χ1v) is 17.9. The summed E-state index contributed by atoms with van der Waals surface area (Å²) in [6, 6.07) is 12.0. The van der Waals surface area contributed by atoms with Crippen molar-refractivity contribution in [2.24, 2.45) is 17.8 Å². The standard InChI is InChI=1S/C32H35FN3O6PS/c33-24-4-1-18(2-5-24)9-20-15-35(16-20)32(39)27-7-6-25-12-21-11-22(21)13-26(31(38)36(25)27)34-30(37)29-14-23-10-19(17-43(40,41)42)3-8-28(23)44-29/h1-5,8,10,14,20-22,25-27H,6-7,9,11-13,15-17H2,(H,34,37)(H2,40,41,42)/t21-,22+,25-,26+,27+/m1/s1. The van der Waals surface area contributed by atoms with E-state index in [-0.39, 0.29) is 35.7 Å². The van der Waals surface area contributed by atoms with Crippen molar-refractivity contribution in [1.29, 1.82) is 0 Å². The SMILES string of the molecule is O=C(N[C@H]1C[C@@H]2C[C@@H]2C[C@H]2CC[C@@H](C(=O)N3CC(Cc4ccc(F)cc4)C3)N2C1=O)c1cc2cc(CP(=O)(O)O)ccc2s1. The maximum absolute atomic E-state index is 14.1. The molecule has 3 aliphatic heterocycles. The molecule has 232 valence electrons. The summed E-state index contributed by atoms with van der Waals surface area (Å²) in [5, 5.41) is 3.71. The van der Waals surface area contributed by atoms with E-state index in [9.17, 15) is 33.1 Å². The number of benzene rings is 2. The normalized spacial score (nSPS) is 26.9. The number of rotatable bonds is 7. The van der Waals surface area contributed by atoms with Gasteiger partial charge in [0.2, 0.25) is 11.8 Å². The van der Waals surface area contributed by atoms with Crippen LogP contribution >= 0.6 is 18.9 Å². The van der Waals surface area contributed by atoms with Crippen LogP contribution in [0.2, 0.25) is 0 Å². The topological polar surface area (TPSA) is 127 Å². The molecule has 4 heterocycles. The molecule has 0 bridgehead atoms. The number of nitrogens with one attached hydrogen (secondary N) is 1. The van der Waals surface area contributed by atoms with Gasteiger partial charge in [-0.2, -0.15) is 0 Å². The second-order valence-corrected chi connectivity index (χ2v) is 15.7. The highest BCUT2D eigenvalue weighted by molar-refractivity contribution is 7.50. The summed E-state index contributed by atoms with van der Waals surface area (Å²) in [6.45, 7) is 1.23. The maximum Gasteiger partial charge on any atom is 0.329 e. The summed E-state index contributed by atoms with van der Waals surface area (Å²) in [5.74, 6) is 0.370. The molecule has 1 saturated carbocycles. The molecule has 3 saturated heterocycles. The van der Waals surface area contributed by atoms with Crippen LogP contribution in [-0.2, 0) is 26.7 Å². The number of hydrogen-bond donors (Lipinski definition) is 3. The third-order valence-corrected chi connectivity index (χ3v) is 11.6. The zero-order valence-corrected chi connectivity index (χ0v) is 25.8. The second-order valence-electron chi connectivity index (χ2n) is 13.0. The van der Waals surface area contributed by atoms with Crippen molar-refractivity contribution in [3.05, 3.63) is 70.4 Å². The molecule has 1 aromatic heterocycles. The van der Waals surface area contributed by atoms with Crippen molar-refractivity contribution in [2.75, 3.05) is 13.1 Å². The predicted molar refractivity (Wildman–Crippen MR) is 163 cm³/mol. The van der Waals surface area contributed by atoms with Gasteiger partial charge in [0.1, 0.15) is 17.9 Å². The average Bonchev–Trinajstić information content (AvgIpc) is 3.32. The summed E-state index contributed by atoms with van der Waals surface area (Å²) in [6.07, 6.45) is 4.31. The number of nitrogens with zero attached hydrogens (tertiary/aromatic N) is 2. The number of likely N-dealkylation sites (tertiary alicyclic amines) is 1. The fraction of sp³-hybridized carbons (Fsp3) is 0.469. The Balaban J connectivity index is 1.03. The monoisotopic (exact) mass is 639 g/mol. The molecule has 1 aliphatic carbocycles. The largest absolute Gasteiger partial charge is 0.340 e. The molecular formula is C32H35FN3O6PS. The number of hydrogen-bond acceptors (Lipinski definition) is 5. The van der Waals surface area contributed by atoms with Gasteiger partial charge in [0.15, 0.2) is 0 Å². The van der Waals surface area contributed by atoms with Crippen LogP contribution in [0.4, 0.5) is 4.39 Å². The summed E-state index contributed by atoms with van der Waals surface area (Å²) in [4.78, 5) is 63.9. The quantitative estimate of drug-likeness (QED) is 0.331. The van der Waals surface area contributed by atoms with Crippen LogP contribution in [0, 0.1) is 23.6 Å². The van der Waals surface area contributed by atoms with E-state index in [0.29, 0.717) is 54.1 Å². The molecule has 2 aromatic carbocycles. The molecule has 3 aromatic rings. The van der Waals surface area contributed by atoms with Crippen LogP contribution in [0.25, 0.3) is 10.1 Å². The Morgan fingerprint density at radius 3 is 2.45 bits per heavy atom. The smallest absolute Gasteiger partial charge is 0.329 e. The number of fused-ring (bicyclic) bond motifs is 3.